The van der Waals surface area contributed by atoms with Crippen LogP contribution in [-0.4, -0.2) is 11.1 Å². The van der Waals surface area contributed by atoms with Gasteiger partial charge in [-0.3, -0.25) is 0 Å². The van der Waals surface area contributed by atoms with Gasteiger partial charge < -0.3 is 16.2 Å². The first-order chi connectivity index (χ1) is 8.99. The van der Waals surface area contributed by atoms with E-state index in [0.29, 0.717) is 5.69 Å². The van der Waals surface area contributed by atoms with Gasteiger partial charge >= 0.3 is 5.97 Å². The number of rotatable bonds is 3. The topological polar surface area (TPSA) is 75.3 Å². The molecule has 0 spiro atoms. The molecule has 6 heteroatoms. The second-order valence-electron chi connectivity index (χ2n) is 3.83. The van der Waals surface area contributed by atoms with Gasteiger partial charge in [-0.2, -0.15) is 0 Å². The summed E-state index contributed by atoms with van der Waals surface area (Å²) in [6.45, 7) is 0. The van der Waals surface area contributed by atoms with Crippen molar-refractivity contribution in [1.29, 1.82) is 0 Å². The molecule has 0 saturated heterocycles. The van der Waals surface area contributed by atoms with Crippen LogP contribution in [0.5, 0.6) is 0 Å². The zero-order valence-electron chi connectivity index (χ0n) is 9.65. The van der Waals surface area contributed by atoms with Crippen LogP contribution >= 0.6 is 11.6 Å². The maximum absolute atomic E-state index is 13.6. The molecule has 4 nitrogen and oxygen atoms in total. The number of para-hydroxylation sites is 1. The van der Waals surface area contributed by atoms with Gasteiger partial charge in [0.1, 0.15) is 5.82 Å². The highest BCUT2D eigenvalue weighted by Gasteiger charge is 2.10. The number of benzene rings is 2. The van der Waals surface area contributed by atoms with Crippen molar-refractivity contribution >= 4 is 34.6 Å². The van der Waals surface area contributed by atoms with Crippen LogP contribution in [0, 0.1) is 5.82 Å². The first-order valence-electron chi connectivity index (χ1n) is 5.33. The average molecular weight is 281 g/mol. The molecule has 19 heavy (non-hydrogen) atoms. The second kappa shape index (κ2) is 5.16. The van der Waals surface area contributed by atoms with Gasteiger partial charge in [-0.05, 0) is 30.3 Å². The third-order valence-electron chi connectivity index (χ3n) is 2.51. The minimum atomic E-state index is -1.12. The lowest BCUT2D eigenvalue weighted by atomic mass is 10.1. The summed E-state index contributed by atoms with van der Waals surface area (Å²) in [5, 5.41) is 11.8. The van der Waals surface area contributed by atoms with Gasteiger partial charge in [0.15, 0.2) is 0 Å². The van der Waals surface area contributed by atoms with E-state index in [1.165, 1.54) is 30.3 Å². The Hall–Kier alpha value is -2.27. The number of hydrogen-bond acceptors (Lipinski definition) is 3. The summed E-state index contributed by atoms with van der Waals surface area (Å²) >= 11 is 5.87. The van der Waals surface area contributed by atoms with Crippen LogP contribution in [0.4, 0.5) is 21.5 Å². The summed E-state index contributed by atoms with van der Waals surface area (Å²) in [7, 11) is 0. The predicted molar refractivity (Wildman–Crippen MR) is 72.5 cm³/mol. The Balaban J connectivity index is 2.34. The molecule has 0 aromatic heterocycles. The molecule has 0 bridgehead atoms. The number of halogens is 2. The van der Waals surface area contributed by atoms with Crippen LogP contribution in [0.2, 0.25) is 5.02 Å². The second-order valence-corrected chi connectivity index (χ2v) is 4.24. The summed E-state index contributed by atoms with van der Waals surface area (Å²) in [6.07, 6.45) is 0. The van der Waals surface area contributed by atoms with E-state index >= 15 is 0 Å². The van der Waals surface area contributed by atoms with E-state index in [2.05, 4.69) is 5.32 Å². The minimum Gasteiger partial charge on any atom is -0.478 e. The molecule has 0 aliphatic heterocycles. The first-order valence-corrected chi connectivity index (χ1v) is 5.70. The number of nitrogen functional groups attached to an aromatic ring is 1. The fraction of sp³-hybridized carbons (Fsp3) is 0. The highest BCUT2D eigenvalue weighted by molar-refractivity contribution is 6.33. The lowest BCUT2D eigenvalue weighted by Gasteiger charge is -2.10. The maximum Gasteiger partial charge on any atom is 0.337 e. The maximum atomic E-state index is 13.6. The molecular formula is C13H10ClFN2O2. The van der Waals surface area contributed by atoms with Crippen LogP contribution in [0.1, 0.15) is 10.4 Å². The van der Waals surface area contributed by atoms with Gasteiger partial charge in [-0.1, -0.05) is 17.7 Å². The van der Waals surface area contributed by atoms with E-state index in [1.807, 2.05) is 0 Å². The highest BCUT2D eigenvalue weighted by atomic mass is 35.5. The molecule has 0 aliphatic carbocycles. The third-order valence-corrected chi connectivity index (χ3v) is 2.83. The van der Waals surface area contributed by atoms with E-state index in [1.54, 1.807) is 6.07 Å². The molecule has 98 valence electrons. The number of carboxylic acid groups (broad SMARTS) is 1. The molecular weight excluding hydrogens is 271 g/mol. The van der Waals surface area contributed by atoms with Crippen molar-refractivity contribution in [3.63, 3.8) is 0 Å². The molecule has 0 radical (unpaired) electrons. The first kappa shape index (κ1) is 13.2. The quantitative estimate of drug-likeness (QED) is 0.752. The van der Waals surface area contributed by atoms with E-state index in [0.717, 1.165) is 0 Å². The number of hydrogen-bond donors (Lipinski definition) is 3. The Morgan fingerprint density at radius 3 is 2.63 bits per heavy atom. The van der Waals surface area contributed by atoms with Gasteiger partial charge in [-0.25, -0.2) is 9.18 Å². The van der Waals surface area contributed by atoms with Crippen molar-refractivity contribution in [3.05, 3.63) is 52.8 Å². The summed E-state index contributed by atoms with van der Waals surface area (Å²) < 4.78 is 13.6. The van der Waals surface area contributed by atoms with E-state index < -0.39 is 11.8 Å². The molecule has 0 fully saturated rings. The standard InChI is InChI=1S/C13H10ClFN2O2/c14-9-2-1-3-10(15)12(9)17-7-4-5-8(13(18)19)11(16)6-7/h1-6,17H,16H2,(H,18,19). The molecule has 4 N–H and O–H groups in total. The summed E-state index contributed by atoms with van der Waals surface area (Å²) in [4.78, 5) is 10.8. The summed E-state index contributed by atoms with van der Waals surface area (Å²) in [6, 6.07) is 8.54. The largest absolute Gasteiger partial charge is 0.478 e. The van der Waals surface area contributed by atoms with Crippen LogP contribution in [-0.2, 0) is 0 Å². The van der Waals surface area contributed by atoms with Crippen LogP contribution in [0.3, 0.4) is 0 Å². The Morgan fingerprint density at radius 2 is 2.05 bits per heavy atom. The van der Waals surface area contributed by atoms with E-state index in [9.17, 15) is 9.18 Å². The lowest BCUT2D eigenvalue weighted by molar-refractivity contribution is 0.0698. The number of aromatic carboxylic acids is 1. The van der Waals surface area contributed by atoms with Crippen molar-refractivity contribution in [2.24, 2.45) is 0 Å². The summed E-state index contributed by atoms with van der Waals surface area (Å²) in [5.74, 6) is -1.62. The Bertz CT molecular complexity index is 626. The number of carboxylic acids is 1. The van der Waals surface area contributed by atoms with Gasteiger partial charge in [0.2, 0.25) is 0 Å². The Labute approximate surface area is 113 Å². The Kier molecular flexibility index (Phi) is 3.57. The minimum absolute atomic E-state index is 0.00909. The zero-order valence-corrected chi connectivity index (χ0v) is 10.4. The third kappa shape index (κ3) is 2.77. The molecule has 0 aliphatic rings. The Morgan fingerprint density at radius 1 is 1.32 bits per heavy atom. The lowest BCUT2D eigenvalue weighted by Crippen LogP contribution is -2.03. The smallest absolute Gasteiger partial charge is 0.337 e. The molecule has 0 saturated carbocycles. The SMILES string of the molecule is Nc1cc(Nc2c(F)cccc2Cl)ccc1C(=O)O. The van der Waals surface area contributed by atoms with Gasteiger partial charge in [-0.15, -0.1) is 0 Å². The zero-order chi connectivity index (χ0) is 14.0. The molecule has 0 amide bonds. The molecule has 0 unspecified atom stereocenters. The average Bonchev–Trinajstić information content (AvgIpc) is 2.33. The normalized spacial score (nSPS) is 10.2. The van der Waals surface area contributed by atoms with Crippen molar-refractivity contribution in [2.75, 3.05) is 11.1 Å². The molecule has 2 rings (SSSR count). The number of anilines is 3. The molecule has 2 aromatic rings. The van der Waals surface area contributed by atoms with Crippen molar-refractivity contribution < 1.29 is 14.3 Å². The van der Waals surface area contributed by atoms with Crippen LogP contribution in [0.25, 0.3) is 0 Å². The monoisotopic (exact) mass is 280 g/mol. The van der Waals surface area contributed by atoms with Crippen molar-refractivity contribution in [2.45, 2.75) is 0 Å². The highest BCUT2D eigenvalue weighted by Crippen LogP contribution is 2.29. The molecule has 2 aromatic carbocycles. The predicted octanol–water partition coefficient (Wildman–Crippen LogP) is 3.50. The van der Waals surface area contributed by atoms with E-state index in [4.69, 9.17) is 22.4 Å². The van der Waals surface area contributed by atoms with Crippen molar-refractivity contribution in [1.82, 2.24) is 0 Å². The van der Waals surface area contributed by atoms with Gasteiger partial charge in [0, 0.05) is 11.4 Å². The van der Waals surface area contributed by atoms with E-state index in [-0.39, 0.29) is 22.0 Å². The van der Waals surface area contributed by atoms with Gasteiger partial charge in [0.05, 0.1) is 16.3 Å². The fourth-order valence-electron chi connectivity index (χ4n) is 1.60. The summed E-state index contributed by atoms with van der Waals surface area (Å²) in [5.41, 5.74) is 6.25. The number of nitrogens with one attached hydrogen (secondary N) is 1. The van der Waals surface area contributed by atoms with Crippen molar-refractivity contribution in [3.8, 4) is 0 Å². The number of nitrogens with two attached hydrogens (primary N) is 1. The van der Waals surface area contributed by atoms with Crippen LogP contribution < -0.4 is 11.1 Å². The van der Waals surface area contributed by atoms with Gasteiger partial charge in [0.25, 0.3) is 0 Å². The molecule has 0 atom stereocenters. The molecule has 0 heterocycles. The van der Waals surface area contributed by atoms with Crippen LogP contribution in [0.15, 0.2) is 36.4 Å². The fourth-order valence-corrected chi connectivity index (χ4v) is 1.81. The number of carbonyl (C=O) groups is 1.